The number of hydrogen-bond donors (Lipinski definition) is 2. The summed E-state index contributed by atoms with van der Waals surface area (Å²) in [6.45, 7) is 11.6. The number of rotatable bonds is 9. The van der Waals surface area contributed by atoms with Crippen LogP contribution in [-0.4, -0.2) is 87.8 Å². The van der Waals surface area contributed by atoms with Crippen LogP contribution in [0.15, 0.2) is 29.3 Å². The highest BCUT2D eigenvalue weighted by atomic mass is 19.1. The summed E-state index contributed by atoms with van der Waals surface area (Å²) in [6.07, 6.45) is 6.04. The van der Waals surface area contributed by atoms with Crippen molar-refractivity contribution in [3.8, 4) is 0 Å². The van der Waals surface area contributed by atoms with Crippen LogP contribution >= 0.6 is 0 Å². The highest BCUT2D eigenvalue weighted by Gasteiger charge is 2.20. The van der Waals surface area contributed by atoms with Crippen molar-refractivity contribution >= 4 is 11.6 Å². The fourth-order valence-electron chi connectivity index (χ4n) is 4.50. The lowest BCUT2D eigenvalue weighted by atomic mass is 10.0. The van der Waals surface area contributed by atoms with E-state index in [1.807, 2.05) is 19.2 Å². The van der Waals surface area contributed by atoms with Gasteiger partial charge in [-0.05, 0) is 50.9 Å². The number of nitrogens with zero attached hydrogens (tertiary/aromatic N) is 4. The van der Waals surface area contributed by atoms with Crippen molar-refractivity contribution in [2.75, 3.05) is 70.9 Å². The van der Waals surface area contributed by atoms with Crippen LogP contribution in [0.2, 0.25) is 0 Å². The van der Waals surface area contributed by atoms with E-state index in [1.165, 1.54) is 45.3 Å². The van der Waals surface area contributed by atoms with Crippen LogP contribution in [0, 0.1) is 5.82 Å². The van der Waals surface area contributed by atoms with Crippen LogP contribution in [-0.2, 0) is 0 Å². The third-order valence-corrected chi connectivity index (χ3v) is 6.49. The van der Waals surface area contributed by atoms with Gasteiger partial charge in [0.1, 0.15) is 5.82 Å². The molecule has 2 fully saturated rings. The summed E-state index contributed by atoms with van der Waals surface area (Å²) in [5.41, 5.74) is 0.731. The molecular formula is C24H41FN6. The SMILES string of the molecule is CCCCN1CCC(NC(=NC)NCCCN2CCN(c3ccccc3F)CC2)CC1. The quantitative estimate of drug-likeness (QED) is 0.357. The van der Waals surface area contributed by atoms with Crippen molar-refractivity contribution in [1.29, 1.82) is 0 Å². The molecule has 174 valence electrons. The molecule has 1 aromatic carbocycles. The van der Waals surface area contributed by atoms with Crippen LogP contribution in [0.5, 0.6) is 0 Å². The molecule has 31 heavy (non-hydrogen) atoms. The number of likely N-dealkylation sites (tertiary alicyclic amines) is 1. The highest BCUT2D eigenvalue weighted by Crippen LogP contribution is 2.20. The largest absolute Gasteiger partial charge is 0.367 e. The number of aliphatic imine (C=N–C) groups is 1. The number of para-hydroxylation sites is 1. The molecule has 0 aliphatic carbocycles. The summed E-state index contributed by atoms with van der Waals surface area (Å²) in [6, 6.07) is 7.61. The number of halogens is 1. The summed E-state index contributed by atoms with van der Waals surface area (Å²) in [5.74, 6) is 0.807. The van der Waals surface area contributed by atoms with E-state index in [2.05, 4.69) is 37.2 Å². The van der Waals surface area contributed by atoms with E-state index in [0.29, 0.717) is 6.04 Å². The van der Waals surface area contributed by atoms with E-state index < -0.39 is 0 Å². The fraction of sp³-hybridized carbons (Fsp3) is 0.708. The minimum Gasteiger partial charge on any atom is -0.367 e. The maximum atomic E-state index is 14.0. The van der Waals surface area contributed by atoms with Crippen molar-refractivity contribution in [1.82, 2.24) is 20.4 Å². The summed E-state index contributed by atoms with van der Waals surface area (Å²) in [4.78, 5) is 11.6. The van der Waals surface area contributed by atoms with Gasteiger partial charge in [-0.15, -0.1) is 0 Å². The van der Waals surface area contributed by atoms with Crippen LogP contribution in [0.1, 0.15) is 39.0 Å². The number of nitrogens with one attached hydrogen (secondary N) is 2. The molecule has 3 rings (SSSR count). The van der Waals surface area contributed by atoms with Gasteiger partial charge in [-0.3, -0.25) is 9.89 Å². The van der Waals surface area contributed by atoms with Gasteiger partial charge in [-0.2, -0.15) is 0 Å². The molecule has 2 aliphatic rings. The number of unbranched alkanes of at least 4 members (excludes halogenated alkanes) is 1. The fourth-order valence-corrected chi connectivity index (χ4v) is 4.50. The van der Waals surface area contributed by atoms with Gasteiger partial charge in [0.05, 0.1) is 5.69 Å². The Labute approximate surface area is 187 Å². The molecule has 0 bridgehead atoms. The molecule has 2 aliphatic heterocycles. The average molecular weight is 433 g/mol. The molecule has 1 aromatic rings. The number of guanidine groups is 1. The van der Waals surface area contributed by atoms with Gasteiger partial charge in [-0.25, -0.2) is 4.39 Å². The average Bonchev–Trinajstić information content (AvgIpc) is 2.81. The Morgan fingerprint density at radius 2 is 1.68 bits per heavy atom. The second kappa shape index (κ2) is 12.9. The zero-order valence-electron chi connectivity index (χ0n) is 19.5. The lowest BCUT2D eigenvalue weighted by Gasteiger charge is -2.36. The van der Waals surface area contributed by atoms with Gasteiger partial charge in [-0.1, -0.05) is 25.5 Å². The monoisotopic (exact) mass is 432 g/mol. The molecule has 2 N–H and O–H groups in total. The predicted octanol–water partition coefficient (Wildman–Crippen LogP) is 2.77. The minimum absolute atomic E-state index is 0.120. The Kier molecular flexibility index (Phi) is 9.87. The molecule has 6 nitrogen and oxygen atoms in total. The van der Waals surface area contributed by atoms with Crippen molar-refractivity contribution in [2.45, 2.75) is 45.1 Å². The van der Waals surface area contributed by atoms with Crippen molar-refractivity contribution < 1.29 is 4.39 Å². The molecule has 0 amide bonds. The first kappa shape index (κ1) is 23.8. The summed E-state index contributed by atoms with van der Waals surface area (Å²) >= 11 is 0. The molecule has 0 spiro atoms. The second-order valence-corrected chi connectivity index (χ2v) is 8.75. The molecule has 0 radical (unpaired) electrons. The van der Waals surface area contributed by atoms with Gasteiger partial charge in [0.2, 0.25) is 0 Å². The number of anilines is 1. The molecular weight excluding hydrogens is 391 g/mol. The van der Waals surface area contributed by atoms with Gasteiger partial charge in [0, 0.05) is 58.9 Å². The van der Waals surface area contributed by atoms with Crippen LogP contribution in [0.4, 0.5) is 10.1 Å². The maximum absolute atomic E-state index is 14.0. The molecule has 2 saturated heterocycles. The van der Waals surface area contributed by atoms with Crippen LogP contribution in [0.3, 0.4) is 0 Å². The molecule has 0 aromatic heterocycles. The third-order valence-electron chi connectivity index (χ3n) is 6.49. The first-order valence-electron chi connectivity index (χ1n) is 12.1. The molecule has 7 heteroatoms. The van der Waals surface area contributed by atoms with Crippen LogP contribution < -0.4 is 15.5 Å². The normalized spacial score (nSPS) is 19.6. The highest BCUT2D eigenvalue weighted by molar-refractivity contribution is 5.79. The molecule has 0 unspecified atom stereocenters. The molecule has 0 atom stereocenters. The Morgan fingerprint density at radius 3 is 2.35 bits per heavy atom. The smallest absolute Gasteiger partial charge is 0.191 e. The predicted molar refractivity (Wildman–Crippen MR) is 129 cm³/mol. The van der Waals surface area contributed by atoms with E-state index in [1.54, 1.807) is 12.1 Å². The molecule has 2 heterocycles. The molecule has 0 saturated carbocycles. The van der Waals surface area contributed by atoms with E-state index >= 15 is 0 Å². The Hall–Kier alpha value is -1.86. The number of hydrogen-bond acceptors (Lipinski definition) is 4. The Bertz CT molecular complexity index is 666. The summed E-state index contributed by atoms with van der Waals surface area (Å²) < 4.78 is 14.0. The van der Waals surface area contributed by atoms with Crippen molar-refractivity contribution in [2.24, 2.45) is 4.99 Å². The van der Waals surface area contributed by atoms with E-state index in [0.717, 1.165) is 57.3 Å². The minimum atomic E-state index is -0.120. The Balaban J connectivity index is 1.28. The third kappa shape index (κ3) is 7.65. The van der Waals surface area contributed by atoms with Gasteiger partial charge < -0.3 is 20.4 Å². The number of piperazine rings is 1. The van der Waals surface area contributed by atoms with E-state index in [-0.39, 0.29) is 5.82 Å². The summed E-state index contributed by atoms with van der Waals surface area (Å²) in [7, 11) is 1.85. The first-order valence-corrected chi connectivity index (χ1v) is 12.1. The number of piperidine rings is 1. The zero-order chi connectivity index (χ0) is 21.9. The topological polar surface area (TPSA) is 46.1 Å². The van der Waals surface area contributed by atoms with Gasteiger partial charge >= 0.3 is 0 Å². The Morgan fingerprint density at radius 1 is 1.00 bits per heavy atom. The zero-order valence-corrected chi connectivity index (χ0v) is 19.5. The van der Waals surface area contributed by atoms with Gasteiger partial charge in [0.25, 0.3) is 0 Å². The van der Waals surface area contributed by atoms with Crippen molar-refractivity contribution in [3.63, 3.8) is 0 Å². The first-order chi connectivity index (χ1) is 15.2. The van der Waals surface area contributed by atoms with Gasteiger partial charge in [0.15, 0.2) is 5.96 Å². The van der Waals surface area contributed by atoms with E-state index in [9.17, 15) is 4.39 Å². The van der Waals surface area contributed by atoms with Crippen molar-refractivity contribution in [3.05, 3.63) is 30.1 Å². The van der Waals surface area contributed by atoms with Crippen LogP contribution in [0.25, 0.3) is 0 Å². The standard InChI is InChI=1S/C24H41FN6/c1-3-4-13-29-15-10-21(11-16-29)28-24(26-2)27-12-7-14-30-17-19-31(20-18-30)23-9-6-5-8-22(23)25/h5-6,8-9,21H,3-4,7,10-20H2,1-2H3,(H2,26,27,28). The maximum Gasteiger partial charge on any atom is 0.191 e. The number of benzene rings is 1. The lowest BCUT2D eigenvalue weighted by molar-refractivity contribution is 0.203. The summed E-state index contributed by atoms with van der Waals surface area (Å²) in [5, 5.41) is 7.09. The second-order valence-electron chi connectivity index (χ2n) is 8.75. The lowest BCUT2D eigenvalue weighted by Crippen LogP contribution is -2.49. The van der Waals surface area contributed by atoms with E-state index in [4.69, 9.17) is 0 Å².